The van der Waals surface area contributed by atoms with E-state index in [1.165, 1.54) is 12.1 Å². The van der Waals surface area contributed by atoms with Crippen LogP contribution in [0.5, 0.6) is 5.75 Å². The van der Waals surface area contributed by atoms with Gasteiger partial charge in [0.05, 0.1) is 11.0 Å². The number of hydrogen-bond donors (Lipinski definition) is 0. The summed E-state index contributed by atoms with van der Waals surface area (Å²) in [4.78, 5) is 36.8. The number of carbonyl (C=O) groups is 1. The fourth-order valence-corrected chi connectivity index (χ4v) is 2.94. The molecule has 4 aromatic rings. The van der Waals surface area contributed by atoms with Crippen LogP contribution in [0.2, 0.25) is 0 Å². The lowest BCUT2D eigenvalue weighted by molar-refractivity contribution is -0.142. The maximum atomic E-state index is 12.5. The van der Waals surface area contributed by atoms with Gasteiger partial charge in [-0.05, 0) is 45.0 Å². The van der Waals surface area contributed by atoms with E-state index in [1.807, 2.05) is 12.1 Å². The molecule has 0 atom stereocenters. The van der Waals surface area contributed by atoms with Crippen LogP contribution in [0.25, 0.3) is 33.1 Å². The van der Waals surface area contributed by atoms with Crippen molar-refractivity contribution < 1.29 is 18.4 Å². The van der Waals surface area contributed by atoms with Crippen molar-refractivity contribution in [1.82, 2.24) is 0 Å². The number of ether oxygens (including phenoxy) is 1. The highest BCUT2D eigenvalue weighted by Crippen LogP contribution is 2.30. The Kier molecular flexibility index (Phi) is 4.34. The average molecular weight is 390 g/mol. The molecule has 0 saturated carbocycles. The average Bonchev–Trinajstić information content (AvgIpc) is 2.65. The Morgan fingerprint density at radius 3 is 2.38 bits per heavy atom. The molecule has 6 nitrogen and oxygen atoms in total. The summed E-state index contributed by atoms with van der Waals surface area (Å²) in [6, 6.07) is 14.8. The Labute approximate surface area is 165 Å². The van der Waals surface area contributed by atoms with Crippen LogP contribution in [0.3, 0.4) is 0 Å². The molecule has 0 amide bonds. The molecule has 29 heavy (non-hydrogen) atoms. The highest BCUT2D eigenvalue weighted by Gasteiger charge is 2.24. The first kappa shape index (κ1) is 18.7. The zero-order chi connectivity index (χ0) is 20.8. The molecule has 0 fully saturated rings. The highest BCUT2D eigenvalue weighted by molar-refractivity contribution is 5.95. The normalized spacial score (nSPS) is 11.7. The van der Waals surface area contributed by atoms with Gasteiger partial charge in [0.25, 0.3) is 0 Å². The van der Waals surface area contributed by atoms with E-state index in [1.54, 1.807) is 51.1 Å². The van der Waals surface area contributed by atoms with Crippen molar-refractivity contribution in [3.05, 3.63) is 75.4 Å². The molecule has 0 N–H and O–H groups in total. The summed E-state index contributed by atoms with van der Waals surface area (Å²) >= 11 is 0. The van der Waals surface area contributed by atoms with Gasteiger partial charge < -0.3 is 13.6 Å². The van der Waals surface area contributed by atoms with E-state index in [-0.39, 0.29) is 16.9 Å². The van der Waals surface area contributed by atoms with Gasteiger partial charge in [0.1, 0.15) is 16.9 Å². The van der Waals surface area contributed by atoms with Crippen molar-refractivity contribution in [2.75, 3.05) is 0 Å². The molecule has 0 radical (unpaired) electrons. The van der Waals surface area contributed by atoms with Crippen LogP contribution in [0.1, 0.15) is 20.8 Å². The summed E-state index contributed by atoms with van der Waals surface area (Å²) in [6.45, 7) is 5.23. The van der Waals surface area contributed by atoms with Crippen molar-refractivity contribution in [3.8, 4) is 16.9 Å². The lowest BCUT2D eigenvalue weighted by Gasteiger charge is -2.16. The van der Waals surface area contributed by atoms with Crippen LogP contribution in [-0.4, -0.2) is 5.97 Å². The predicted molar refractivity (Wildman–Crippen MR) is 109 cm³/mol. The summed E-state index contributed by atoms with van der Waals surface area (Å²) < 4.78 is 16.0. The van der Waals surface area contributed by atoms with E-state index in [4.69, 9.17) is 13.6 Å². The first-order valence-corrected chi connectivity index (χ1v) is 9.06. The number of rotatable bonds is 2. The number of para-hydroxylation sites is 1. The standard InChI is InChI=1S/C23H18O6/c1-23(2,3)22(26)27-14-8-9-15-16(12-20(24)28-19(15)11-14)17-10-13-6-4-5-7-18(13)29-21(17)25/h4-12H,1-3H3. The summed E-state index contributed by atoms with van der Waals surface area (Å²) in [6.07, 6.45) is 0. The van der Waals surface area contributed by atoms with Crippen LogP contribution in [0.15, 0.2) is 73.0 Å². The molecule has 0 spiro atoms. The molecule has 2 heterocycles. The van der Waals surface area contributed by atoms with Crippen LogP contribution in [-0.2, 0) is 4.79 Å². The van der Waals surface area contributed by atoms with Gasteiger partial charge in [0, 0.05) is 28.5 Å². The SMILES string of the molecule is CC(C)(C)C(=O)Oc1ccc2c(-c3cc4ccccc4oc3=O)cc(=O)oc2c1. The molecule has 0 aliphatic carbocycles. The second kappa shape index (κ2) is 6.74. The summed E-state index contributed by atoms with van der Waals surface area (Å²) in [7, 11) is 0. The van der Waals surface area contributed by atoms with Crippen molar-refractivity contribution in [2.45, 2.75) is 20.8 Å². The fraction of sp³-hybridized carbons (Fsp3) is 0.174. The zero-order valence-corrected chi connectivity index (χ0v) is 16.1. The van der Waals surface area contributed by atoms with Crippen LogP contribution < -0.4 is 16.0 Å². The molecule has 0 unspecified atom stereocenters. The molecule has 0 saturated heterocycles. The Hall–Kier alpha value is -3.67. The molecular weight excluding hydrogens is 372 g/mol. The predicted octanol–water partition coefficient (Wildman–Crippen LogP) is 4.52. The van der Waals surface area contributed by atoms with Gasteiger partial charge in [-0.25, -0.2) is 9.59 Å². The van der Waals surface area contributed by atoms with Crippen molar-refractivity contribution in [3.63, 3.8) is 0 Å². The number of esters is 1. The van der Waals surface area contributed by atoms with Gasteiger partial charge >= 0.3 is 17.2 Å². The van der Waals surface area contributed by atoms with Gasteiger partial charge in [-0.15, -0.1) is 0 Å². The molecular formula is C23H18O6. The summed E-state index contributed by atoms with van der Waals surface area (Å²) in [5, 5.41) is 1.27. The third-order valence-electron chi connectivity index (χ3n) is 4.47. The number of carbonyl (C=O) groups excluding carboxylic acids is 1. The van der Waals surface area contributed by atoms with E-state index in [0.717, 1.165) is 5.39 Å². The minimum absolute atomic E-state index is 0.208. The van der Waals surface area contributed by atoms with Crippen LogP contribution in [0, 0.1) is 5.41 Å². The smallest absolute Gasteiger partial charge is 0.344 e. The minimum atomic E-state index is -0.679. The first-order chi connectivity index (χ1) is 13.7. The number of benzene rings is 2. The molecule has 0 aliphatic heterocycles. The molecule has 2 aromatic carbocycles. The van der Waals surface area contributed by atoms with Gasteiger partial charge in [-0.3, -0.25) is 4.79 Å². The quantitative estimate of drug-likeness (QED) is 0.284. The van der Waals surface area contributed by atoms with Crippen molar-refractivity contribution in [2.24, 2.45) is 5.41 Å². The van der Waals surface area contributed by atoms with Gasteiger partial charge in [0.15, 0.2) is 0 Å². The molecule has 0 bridgehead atoms. The van der Waals surface area contributed by atoms with Gasteiger partial charge in [-0.2, -0.15) is 0 Å². The monoisotopic (exact) mass is 390 g/mol. The Morgan fingerprint density at radius 2 is 1.62 bits per heavy atom. The lowest BCUT2D eigenvalue weighted by Crippen LogP contribution is -2.25. The van der Waals surface area contributed by atoms with E-state index in [2.05, 4.69) is 0 Å². The van der Waals surface area contributed by atoms with Crippen LogP contribution >= 0.6 is 0 Å². The Balaban J connectivity index is 1.88. The topological polar surface area (TPSA) is 86.7 Å². The van der Waals surface area contributed by atoms with E-state index < -0.39 is 22.6 Å². The van der Waals surface area contributed by atoms with E-state index in [9.17, 15) is 14.4 Å². The number of fused-ring (bicyclic) bond motifs is 2. The maximum absolute atomic E-state index is 12.5. The molecule has 0 aliphatic rings. The third kappa shape index (κ3) is 3.57. The second-order valence-corrected chi connectivity index (χ2v) is 7.76. The van der Waals surface area contributed by atoms with Gasteiger partial charge in [-0.1, -0.05) is 18.2 Å². The van der Waals surface area contributed by atoms with E-state index >= 15 is 0 Å². The third-order valence-corrected chi connectivity index (χ3v) is 4.47. The highest BCUT2D eigenvalue weighted by atomic mass is 16.5. The van der Waals surface area contributed by atoms with Crippen molar-refractivity contribution in [1.29, 1.82) is 0 Å². The second-order valence-electron chi connectivity index (χ2n) is 7.76. The van der Waals surface area contributed by atoms with E-state index in [0.29, 0.717) is 16.5 Å². The molecule has 146 valence electrons. The molecule has 6 heteroatoms. The number of hydrogen-bond acceptors (Lipinski definition) is 6. The van der Waals surface area contributed by atoms with Crippen LogP contribution in [0.4, 0.5) is 0 Å². The summed E-state index contributed by atoms with van der Waals surface area (Å²) in [5.41, 5.74) is -0.547. The minimum Gasteiger partial charge on any atom is -0.426 e. The zero-order valence-electron chi connectivity index (χ0n) is 16.1. The van der Waals surface area contributed by atoms with Crippen molar-refractivity contribution >= 4 is 27.9 Å². The maximum Gasteiger partial charge on any atom is 0.344 e. The molecule has 4 rings (SSSR count). The Bertz CT molecular complexity index is 1370. The summed E-state index contributed by atoms with van der Waals surface area (Å²) in [5.74, 6) is -0.159. The largest absolute Gasteiger partial charge is 0.426 e. The Morgan fingerprint density at radius 1 is 0.862 bits per heavy atom. The fourth-order valence-electron chi connectivity index (χ4n) is 2.94. The molecule has 2 aromatic heterocycles. The van der Waals surface area contributed by atoms with Gasteiger partial charge in [0.2, 0.25) is 0 Å². The lowest BCUT2D eigenvalue weighted by atomic mass is 9.97. The first-order valence-electron chi connectivity index (χ1n) is 9.06.